The molecule has 5 heteroatoms. The average Bonchev–Trinajstić information content (AvgIpc) is 2.56. The lowest BCUT2D eigenvalue weighted by atomic mass is 9.92. The standard InChI is InChI=1S/C18H26N2O3/c1-3-6-15-7-4-5-8-16(15)19-17(22)18(23)20-11-9-14(10-12-20)13(2)21/h4-5,7-8,13-14,21H,3,6,9-12H2,1-2H3,(H,19,22). The van der Waals surface area contributed by atoms with Crippen LogP contribution in [0.1, 0.15) is 38.7 Å². The largest absolute Gasteiger partial charge is 0.393 e. The zero-order valence-corrected chi connectivity index (χ0v) is 13.9. The number of carbonyl (C=O) groups is 2. The molecule has 0 bridgehead atoms. The van der Waals surface area contributed by atoms with Crippen LogP contribution >= 0.6 is 0 Å². The molecule has 1 aliphatic heterocycles. The number of aliphatic hydroxyl groups excluding tert-OH is 1. The maximum Gasteiger partial charge on any atom is 0.313 e. The summed E-state index contributed by atoms with van der Waals surface area (Å²) in [7, 11) is 0. The maximum atomic E-state index is 12.3. The number of benzene rings is 1. The van der Waals surface area contributed by atoms with Crippen molar-refractivity contribution in [2.24, 2.45) is 5.92 Å². The SMILES string of the molecule is CCCc1ccccc1NC(=O)C(=O)N1CCC(C(C)O)CC1. The Bertz CT molecular complexity index is 549. The third-order valence-corrected chi connectivity index (χ3v) is 4.49. The maximum absolute atomic E-state index is 12.3. The Morgan fingerprint density at radius 3 is 2.57 bits per heavy atom. The molecular weight excluding hydrogens is 292 g/mol. The van der Waals surface area contributed by atoms with Gasteiger partial charge in [0.15, 0.2) is 0 Å². The monoisotopic (exact) mass is 318 g/mol. The van der Waals surface area contributed by atoms with Crippen molar-refractivity contribution >= 4 is 17.5 Å². The zero-order valence-electron chi connectivity index (χ0n) is 13.9. The smallest absolute Gasteiger partial charge is 0.313 e. The molecule has 0 saturated carbocycles. The first-order valence-corrected chi connectivity index (χ1v) is 8.39. The van der Waals surface area contributed by atoms with E-state index in [0.717, 1.165) is 31.2 Å². The van der Waals surface area contributed by atoms with Crippen molar-refractivity contribution in [1.82, 2.24) is 4.90 Å². The first-order chi connectivity index (χ1) is 11.0. The zero-order chi connectivity index (χ0) is 16.8. The molecule has 2 N–H and O–H groups in total. The van der Waals surface area contributed by atoms with Crippen LogP contribution in [0.5, 0.6) is 0 Å². The van der Waals surface area contributed by atoms with E-state index < -0.39 is 11.8 Å². The van der Waals surface area contributed by atoms with Gasteiger partial charge in [0.05, 0.1) is 6.10 Å². The van der Waals surface area contributed by atoms with Gasteiger partial charge in [0.25, 0.3) is 0 Å². The summed E-state index contributed by atoms with van der Waals surface area (Å²) >= 11 is 0. The fourth-order valence-corrected chi connectivity index (χ4v) is 3.03. The Morgan fingerprint density at radius 2 is 1.96 bits per heavy atom. The van der Waals surface area contributed by atoms with Crippen molar-refractivity contribution in [3.8, 4) is 0 Å². The van der Waals surface area contributed by atoms with Gasteiger partial charge in [-0.05, 0) is 43.7 Å². The number of amides is 2. The summed E-state index contributed by atoms with van der Waals surface area (Å²) in [5.41, 5.74) is 1.76. The number of hydrogen-bond donors (Lipinski definition) is 2. The highest BCUT2D eigenvalue weighted by atomic mass is 16.3. The fourth-order valence-electron chi connectivity index (χ4n) is 3.03. The predicted molar refractivity (Wildman–Crippen MR) is 90.1 cm³/mol. The Hall–Kier alpha value is -1.88. The Balaban J connectivity index is 1.95. The molecule has 126 valence electrons. The molecule has 23 heavy (non-hydrogen) atoms. The molecule has 1 heterocycles. The molecule has 0 aliphatic carbocycles. The minimum absolute atomic E-state index is 0.215. The molecule has 1 unspecified atom stereocenters. The molecule has 0 radical (unpaired) electrons. The van der Waals surface area contributed by atoms with Crippen molar-refractivity contribution in [3.05, 3.63) is 29.8 Å². The molecule has 1 atom stereocenters. The van der Waals surface area contributed by atoms with Crippen LogP contribution < -0.4 is 5.32 Å². The second-order valence-corrected chi connectivity index (χ2v) is 6.23. The minimum atomic E-state index is -0.580. The Morgan fingerprint density at radius 1 is 1.30 bits per heavy atom. The van der Waals surface area contributed by atoms with E-state index in [-0.39, 0.29) is 12.0 Å². The van der Waals surface area contributed by atoms with Gasteiger partial charge in [0.2, 0.25) is 0 Å². The second kappa shape index (κ2) is 8.11. The van der Waals surface area contributed by atoms with Crippen molar-refractivity contribution in [2.75, 3.05) is 18.4 Å². The van der Waals surface area contributed by atoms with E-state index in [4.69, 9.17) is 0 Å². The summed E-state index contributed by atoms with van der Waals surface area (Å²) < 4.78 is 0. The number of carbonyl (C=O) groups excluding carboxylic acids is 2. The summed E-state index contributed by atoms with van der Waals surface area (Å²) in [6.45, 7) is 4.91. The van der Waals surface area contributed by atoms with Gasteiger partial charge in [-0.25, -0.2) is 0 Å². The molecule has 5 nitrogen and oxygen atoms in total. The molecular formula is C18H26N2O3. The van der Waals surface area contributed by atoms with E-state index in [0.29, 0.717) is 18.8 Å². The van der Waals surface area contributed by atoms with Crippen LogP contribution in [0.4, 0.5) is 5.69 Å². The van der Waals surface area contributed by atoms with E-state index in [1.54, 1.807) is 11.8 Å². The van der Waals surface area contributed by atoms with Crippen LogP contribution in [0, 0.1) is 5.92 Å². The molecule has 1 aromatic carbocycles. The van der Waals surface area contributed by atoms with Crippen LogP contribution in [0.25, 0.3) is 0 Å². The normalized spacial score (nSPS) is 16.9. The number of nitrogens with zero attached hydrogens (tertiary/aromatic N) is 1. The number of para-hydroxylation sites is 1. The van der Waals surface area contributed by atoms with Crippen molar-refractivity contribution in [3.63, 3.8) is 0 Å². The van der Waals surface area contributed by atoms with Gasteiger partial charge in [0, 0.05) is 18.8 Å². The van der Waals surface area contributed by atoms with Crippen molar-refractivity contribution < 1.29 is 14.7 Å². The third-order valence-electron chi connectivity index (χ3n) is 4.49. The van der Waals surface area contributed by atoms with Gasteiger partial charge in [-0.3, -0.25) is 9.59 Å². The number of likely N-dealkylation sites (tertiary alicyclic amines) is 1. The van der Waals surface area contributed by atoms with Crippen LogP contribution in [0.2, 0.25) is 0 Å². The molecule has 1 aromatic rings. The first-order valence-electron chi connectivity index (χ1n) is 8.39. The Kier molecular flexibility index (Phi) is 6.16. The summed E-state index contributed by atoms with van der Waals surface area (Å²) in [5.74, 6) is -0.850. The summed E-state index contributed by atoms with van der Waals surface area (Å²) in [6.07, 6.45) is 2.96. The highest BCUT2D eigenvalue weighted by Crippen LogP contribution is 2.21. The predicted octanol–water partition coefficient (Wildman–Crippen LogP) is 2.20. The van der Waals surface area contributed by atoms with Gasteiger partial charge in [-0.1, -0.05) is 31.5 Å². The number of hydrogen-bond acceptors (Lipinski definition) is 3. The van der Waals surface area contributed by atoms with Crippen molar-refractivity contribution in [1.29, 1.82) is 0 Å². The van der Waals surface area contributed by atoms with Gasteiger partial charge < -0.3 is 15.3 Å². The molecule has 1 fully saturated rings. The van der Waals surface area contributed by atoms with Gasteiger partial charge in [-0.15, -0.1) is 0 Å². The summed E-state index contributed by atoms with van der Waals surface area (Å²) in [4.78, 5) is 26.1. The third kappa shape index (κ3) is 4.55. The molecule has 1 aliphatic rings. The second-order valence-electron chi connectivity index (χ2n) is 6.23. The summed E-state index contributed by atoms with van der Waals surface area (Å²) in [5, 5.41) is 12.4. The first kappa shape index (κ1) is 17.5. The fraction of sp³-hybridized carbons (Fsp3) is 0.556. The quantitative estimate of drug-likeness (QED) is 0.836. The van der Waals surface area contributed by atoms with E-state index in [1.165, 1.54) is 0 Å². The lowest BCUT2D eigenvalue weighted by Gasteiger charge is -2.32. The number of nitrogens with one attached hydrogen (secondary N) is 1. The lowest BCUT2D eigenvalue weighted by Crippen LogP contribution is -2.45. The molecule has 2 amide bonds. The molecule has 0 aromatic heterocycles. The number of rotatable bonds is 4. The summed E-state index contributed by atoms with van der Waals surface area (Å²) in [6, 6.07) is 7.59. The number of aryl methyl sites for hydroxylation is 1. The lowest BCUT2D eigenvalue weighted by molar-refractivity contribution is -0.144. The minimum Gasteiger partial charge on any atom is -0.393 e. The molecule has 1 saturated heterocycles. The average molecular weight is 318 g/mol. The van der Waals surface area contributed by atoms with Crippen LogP contribution in [-0.2, 0) is 16.0 Å². The van der Waals surface area contributed by atoms with E-state index in [1.807, 2.05) is 24.3 Å². The molecule has 0 spiro atoms. The van der Waals surface area contributed by atoms with Gasteiger partial charge in [0.1, 0.15) is 0 Å². The Labute approximate surface area is 137 Å². The highest BCUT2D eigenvalue weighted by Gasteiger charge is 2.28. The topological polar surface area (TPSA) is 69.6 Å². The van der Waals surface area contributed by atoms with Gasteiger partial charge in [-0.2, -0.15) is 0 Å². The van der Waals surface area contributed by atoms with Crippen LogP contribution in [0.15, 0.2) is 24.3 Å². The van der Waals surface area contributed by atoms with Crippen molar-refractivity contribution in [2.45, 2.75) is 45.6 Å². The number of anilines is 1. The number of piperidine rings is 1. The van der Waals surface area contributed by atoms with Crippen LogP contribution in [0.3, 0.4) is 0 Å². The van der Waals surface area contributed by atoms with E-state index >= 15 is 0 Å². The molecule has 2 rings (SSSR count). The van der Waals surface area contributed by atoms with E-state index in [9.17, 15) is 14.7 Å². The highest BCUT2D eigenvalue weighted by molar-refractivity contribution is 6.39. The number of aliphatic hydroxyl groups is 1. The van der Waals surface area contributed by atoms with Crippen LogP contribution in [-0.4, -0.2) is 41.0 Å². The van der Waals surface area contributed by atoms with Gasteiger partial charge >= 0.3 is 11.8 Å². The van der Waals surface area contributed by atoms with E-state index in [2.05, 4.69) is 12.2 Å².